The Bertz CT molecular complexity index is 1030. The van der Waals surface area contributed by atoms with Gasteiger partial charge in [-0.15, -0.1) is 11.3 Å². The number of rotatable bonds is 6. The van der Waals surface area contributed by atoms with E-state index in [0.29, 0.717) is 21.7 Å². The minimum absolute atomic E-state index is 0.00168. The Kier molecular flexibility index (Phi) is 6.06. The Morgan fingerprint density at radius 2 is 1.79 bits per heavy atom. The number of hydrogen-bond acceptors (Lipinski definition) is 3. The van der Waals surface area contributed by atoms with Crippen LogP contribution in [0.15, 0.2) is 47.8 Å². The minimum Gasteiger partial charge on any atom is -0.478 e. The van der Waals surface area contributed by atoms with Gasteiger partial charge in [-0.25, -0.2) is 13.6 Å². The van der Waals surface area contributed by atoms with Crippen molar-refractivity contribution in [3.8, 4) is 11.1 Å². The molecule has 0 fully saturated rings. The predicted octanol–water partition coefficient (Wildman–Crippen LogP) is 5.62. The van der Waals surface area contributed by atoms with Gasteiger partial charge in [0.15, 0.2) is 11.6 Å². The molecule has 3 rings (SSSR count). The molecule has 0 radical (unpaired) electrons. The van der Waals surface area contributed by atoms with Gasteiger partial charge in [0.2, 0.25) is 5.91 Å². The zero-order valence-electron chi connectivity index (χ0n) is 14.3. The van der Waals surface area contributed by atoms with Crippen LogP contribution < -0.4 is 5.32 Å². The van der Waals surface area contributed by atoms with Crippen molar-refractivity contribution in [2.24, 2.45) is 0 Å². The summed E-state index contributed by atoms with van der Waals surface area (Å²) in [7, 11) is 0. The summed E-state index contributed by atoms with van der Waals surface area (Å²) in [6.45, 7) is 0. The Hall–Kier alpha value is -2.77. The molecular weight excluding hydrogens is 408 g/mol. The van der Waals surface area contributed by atoms with E-state index in [1.165, 1.54) is 6.07 Å². The average Bonchev–Trinajstić information content (AvgIpc) is 3.07. The number of amides is 1. The van der Waals surface area contributed by atoms with Crippen molar-refractivity contribution in [3.05, 3.63) is 75.6 Å². The van der Waals surface area contributed by atoms with E-state index in [4.69, 9.17) is 11.6 Å². The normalized spacial score (nSPS) is 10.7. The third kappa shape index (κ3) is 4.55. The van der Waals surface area contributed by atoms with Crippen molar-refractivity contribution in [1.29, 1.82) is 0 Å². The molecule has 0 unspecified atom stereocenters. The molecule has 28 heavy (non-hydrogen) atoms. The van der Waals surface area contributed by atoms with Gasteiger partial charge in [-0.3, -0.25) is 4.79 Å². The Morgan fingerprint density at radius 1 is 1.07 bits per heavy atom. The number of carboxylic acids is 1. The zero-order valence-corrected chi connectivity index (χ0v) is 15.9. The summed E-state index contributed by atoms with van der Waals surface area (Å²) >= 11 is 6.97. The molecule has 0 saturated heterocycles. The Balaban J connectivity index is 1.74. The minimum atomic E-state index is -1.16. The van der Waals surface area contributed by atoms with Gasteiger partial charge >= 0.3 is 5.97 Å². The molecule has 0 saturated carbocycles. The van der Waals surface area contributed by atoms with E-state index >= 15 is 0 Å². The van der Waals surface area contributed by atoms with Gasteiger partial charge in [0, 0.05) is 22.4 Å². The molecule has 0 aliphatic heterocycles. The Labute approximate surface area is 168 Å². The number of aromatic carboxylic acids is 1. The fraction of sp³-hybridized carbons (Fsp3) is 0.100. The van der Waals surface area contributed by atoms with Gasteiger partial charge < -0.3 is 10.4 Å². The fourth-order valence-electron chi connectivity index (χ4n) is 2.65. The van der Waals surface area contributed by atoms with Crippen LogP contribution in [0.5, 0.6) is 0 Å². The number of carbonyl (C=O) groups excluding carboxylic acids is 1. The number of anilines is 1. The number of hydrogen-bond donors (Lipinski definition) is 2. The molecule has 0 aliphatic carbocycles. The summed E-state index contributed by atoms with van der Waals surface area (Å²) in [6, 6.07) is 10.1. The van der Waals surface area contributed by atoms with E-state index in [-0.39, 0.29) is 23.4 Å². The molecule has 0 atom stereocenters. The number of carboxylic acid groups (broad SMARTS) is 1. The second-order valence-electron chi connectivity index (χ2n) is 5.96. The van der Waals surface area contributed by atoms with Gasteiger partial charge in [0.05, 0.1) is 0 Å². The zero-order chi connectivity index (χ0) is 20.3. The van der Waals surface area contributed by atoms with Crippen molar-refractivity contribution in [2.75, 3.05) is 5.32 Å². The van der Waals surface area contributed by atoms with Crippen molar-refractivity contribution in [2.45, 2.75) is 12.8 Å². The first-order valence-corrected chi connectivity index (χ1v) is 9.45. The number of halogens is 3. The molecule has 4 nitrogen and oxygen atoms in total. The first kappa shape index (κ1) is 20.0. The highest BCUT2D eigenvalue weighted by molar-refractivity contribution is 7.15. The molecule has 3 aromatic rings. The second kappa shape index (κ2) is 8.50. The summed E-state index contributed by atoms with van der Waals surface area (Å²) < 4.78 is 26.2. The molecule has 2 aromatic carbocycles. The smallest absolute Gasteiger partial charge is 0.339 e. The maximum Gasteiger partial charge on any atom is 0.339 e. The Morgan fingerprint density at radius 3 is 2.43 bits per heavy atom. The number of nitrogens with one attached hydrogen (secondary N) is 1. The van der Waals surface area contributed by atoms with E-state index in [2.05, 4.69) is 5.32 Å². The van der Waals surface area contributed by atoms with E-state index in [1.807, 2.05) is 0 Å². The van der Waals surface area contributed by atoms with Crippen LogP contribution >= 0.6 is 22.9 Å². The van der Waals surface area contributed by atoms with Crippen LogP contribution in [0.1, 0.15) is 22.3 Å². The molecule has 0 bridgehead atoms. The van der Waals surface area contributed by atoms with E-state index in [9.17, 15) is 23.5 Å². The summed E-state index contributed by atoms with van der Waals surface area (Å²) in [5, 5.41) is 14.6. The monoisotopic (exact) mass is 421 g/mol. The van der Waals surface area contributed by atoms with E-state index < -0.39 is 23.5 Å². The van der Waals surface area contributed by atoms with Crippen LogP contribution in [-0.2, 0) is 11.2 Å². The molecular formula is C20H14ClF2NO3S. The topological polar surface area (TPSA) is 66.4 Å². The molecule has 0 aliphatic rings. The molecule has 144 valence electrons. The quantitative estimate of drug-likeness (QED) is 0.543. The number of benzene rings is 2. The summed E-state index contributed by atoms with van der Waals surface area (Å²) in [5.41, 5.74) is 1.61. The summed E-state index contributed by atoms with van der Waals surface area (Å²) in [6.07, 6.45) is 0.194. The lowest BCUT2D eigenvalue weighted by atomic mass is 10.0. The lowest BCUT2D eigenvalue weighted by Gasteiger charge is -2.07. The van der Waals surface area contributed by atoms with E-state index in [1.54, 1.807) is 29.6 Å². The highest BCUT2D eigenvalue weighted by atomic mass is 35.5. The second-order valence-corrected chi connectivity index (χ2v) is 7.28. The van der Waals surface area contributed by atoms with Gasteiger partial charge in [0.1, 0.15) is 10.6 Å². The maximum atomic E-state index is 13.2. The molecule has 1 heterocycles. The van der Waals surface area contributed by atoms with Crippen LogP contribution in [0.2, 0.25) is 5.02 Å². The van der Waals surface area contributed by atoms with Gasteiger partial charge in [0.25, 0.3) is 0 Å². The third-order valence-electron chi connectivity index (χ3n) is 4.04. The van der Waals surface area contributed by atoms with Crippen LogP contribution in [0, 0.1) is 11.6 Å². The SMILES string of the molecule is O=C(CCc1ccc(F)c(F)c1)Nc1scc(-c2ccc(Cl)cc2)c1C(=O)O. The lowest BCUT2D eigenvalue weighted by molar-refractivity contribution is -0.116. The first-order valence-electron chi connectivity index (χ1n) is 8.19. The lowest BCUT2D eigenvalue weighted by Crippen LogP contribution is -2.14. The van der Waals surface area contributed by atoms with Crippen molar-refractivity contribution in [3.63, 3.8) is 0 Å². The van der Waals surface area contributed by atoms with Crippen LogP contribution in [-0.4, -0.2) is 17.0 Å². The van der Waals surface area contributed by atoms with Gasteiger partial charge in [-0.2, -0.15) is 0 Å². The molecule has 8 heteroatoms. The largest absolute Gasteiger partial charge is 0.478 e. The highest BCUT2D eigenvalue weighted by Gasteiger charge is 2.21. The summed E-state index contributed by atoms with van der Waals surface area (Å²) in [4.78, 5) is 23.9. The number of aryl methyl sites for hydroxylation is 1. The van der Waals surface area contributed by atoms with Crippen molar-refractivity contribution >= 4 is 39.8 Å². The van der Waals surface area contributed by atoms with Crippen LogP contribution in [0.3, 0.4) is 0 Å². The molecule has 1 aromatic heterocycles. The van der Waals surface area contributed by atoms with Crippen molar-refractivity contribution < 1.29 is 23.5 Å². The van der Waals surface area contributed by atoms with Gasteiger partial charge in [-0.05, 0) is 41.8 Å². The number of carbonyl (C=O) groups is 2. The van der Waals surface area contributed by atoms with Crippen LogP contribution in [0.25, 0.3) is 11.1 Å². The maximum absolute atomic E-state index is 13.2. The fourth-order valence-corrected chi connectivity index (χ4v) is 3.75. The first-order chi connectivity index (χ1) is 13.3. The van der Waals surface area contributed by atoms with Crippen LogP contribution in [0.4, 0.5) is 13.8 Å². The van der Waals surface area contributed by atoms with E-state index in [0.717, 1.165) is 23.5 Å². The summed E-state index contributed by atoms with van der Waals surface area (Å²) in [5.74, 6) is -3.51. The standard InChI is InChI=1S/C20H14ClF2NO3S/c21-13-5-3-12(4-6-13)14-10-28-19(18(14)20(26)27)24-17(25)8-2-11-1-7-15(22)16(23)9-11/h1,3-7,9-10H,2,8H2,(H,24,25)(H,26,27). The number of thiophene rings is 1. The van der Waals surface area contributed by atoms with Crippen molar-refractivity contribution in [1.82, 2.24) is 0 Å². The average molecular weight is 422 g/mol. The predicted molar refractivity (Wildman–Crippen MR) is 105 cm³/mol. The molecule has 2 N–H and O–H groups in total. The third-order valence-corrected chi connectivity index (χ3v) is 5.19. The van der Waals surface area contributed by atoms with Gasteiger partial charge in [-0.1, -0.05) is 29.8 Å². The molecule has 1 amide bonds. The molecule has 0 spiro atoms. The highest BCUT2D eigenvalue weighted by Crippen LogP contribution is 2.36.